The Labute approximate surface area is 122 Å². The van der Waals surface area contributed by atoms with Gasteiger partial charge in [-0.1, -0.05) is 15.9 Å². The Morgan fingerprint density at radius 1 is 1.37 bits per heavy atom. The Bertz CT molecular complexity index is 603. The van der Waals surface area contributed by atoms with Crippen molar-refractivity contribution >= 4 is 26.0 Å². The number of halogens is 1. The number of hydrogen-bond acceptors (Lipinski definition) is 3. The van der Waals surface area contributed by atoms with Gasteiger partial charge in [-0.05, 0) is 49.6 Å². The van der Waals surface area contributed by atoms with Gasteiger partial charge in [0.05, 0.1) is 4.90 Å². The van der Waals surface area contributed by atoms with Crippen LogP contribution in [0.4, 0.5) is 0 Å². The zero-order valence-corrected chi connectivity index (χ0v) is 13.2. The molecular weight excluding hydrogens is 328 g/mol. The van der Waals surface area contributed by atoms with Crippen LogP contribution in [-0.2, 0) is 10.0 Å². The molecule has 0 saturated carbocycles. The van der Waals surface area contributed by atoms with E-state index in [1.54, 1.807) is 16.4 Å². The summed E-state index contributed by atoms with van der Waals surface area (Å²) in [5, 5.41) is 3.28. The van der Waals surface area contributed by atoms with Crippen LogP contribution in [0.3, 0.4) is 0 Å². The maximum absolute atomic E-state index is 12.7. The summed E-state index contributed by atoms with van der Waals surface area (Å²) in [5.41, 5.74) is 0.946. The third-order valence-corrected chi connectivity index (χ3v) is 6.94. The zero-order chi connectivity index (χ0) is 13.6. The van der Waals surface area contributed by atoms with Crippen molar-refractivity contribution in [1.82, 2.24) is 9.62 Å². The van der Waals surface area contributed by atoms with Crippen LogP contribution in [-0.4, -0.2) is 38.4 Å². The van der Waals surface area contributed by atoms with Gasteiger partial charge in [0.2, 0.25) is 10.0 Å². The van der Waals surface area contributed by atoms with Crippen LogP contribution in [0.5, 0.6) is 0 Å². The van der Waals surface area contributed by atoms with Crippen LogP contribution in [0.15, 0.2) is 27.6 Å². The lowest BCUT2D eigenvalue weighted by Gasteiger charge is -2.23. The SMILES string of the molecule is Cc1cc(S(=O)(=O)N2CC[C@H]3CNC[C@H]32)ccc1Br. The molecule has 1 N–H and O–H groups in total. The summed E-state index contributed by atoms with van der Waals surface area (Å²) in [4.78, 5) is 0.403. The summed E-state index contributed by atoms with van der Waals surface area (Å²) in [6.07, 6.45) is 0.965. The van der Waals surface area contributed by atoms with Gasteiger partial charge in [0.1, 0.15) is 0 Å². The molecule has 2 saturated heterocycles. The number of fused-ring (bicyclic) bond motifs is 1. The normalized spacial score (nSPS) is 27.7. The average Bonchev–Trinajstić information content (AvgIpc) is 2.94. The fraction of sp³-hybridized carbons (Fsp3) is 0.538. The summed E-state index contributed by atoms with van der Waals surface area (Å²) >= 11 is 3.41. The summed E-state index contributed by atoms with van der Waals surface area (Å²) in [7, 11) is -3.36. The van der Waals surface area contributed by atoms with Crippen molar-refractivity contribution in [3.8, 4) is 0 Å². The van der Waals surface area contributed by atoms with Crippen molar-refractivity contribution in [2.75, 3.05) is 19.6 Å². The minimum Gasteiger partial charge on any atom is -0.315 e. The molecule has 2 heterocycles. The quantitative estimate of drug-likeness (QED) is 0.888. The Hall–Kier alpha value is -0.430. The Balaban J connectivity index is 1.96. The van der Waals surface area contributed by atoms with Crippen LogP contribution in [0.2, 0.25) is 0 Å². The highest BCUT2D eigenvalue weighted by atomic mass is 79.9. The average molecular weight is 345 g/mol. The highest BCUT2D eigenvalue weighted by Crippen LogP contribution is 2.33. The highest BCUT2D eigenvalue weighted by Gasteiger charge is 2.43. The molecule has 2 fully saturated rings. The summed E-state index contributed by atoms with van der Waals surface area (Å²) in [6, 6.07) is 5.37. The fourth-order valence-corrected chi connectivity index (χ4v) is 5.05. The first-order chi connectivity index (χ1) is 9.00. The van der Waals surface area contributed by atoms with Gasteiger partial charge in [-0.25, -0.2) is 8.42 Å². The molecule has 2 atom stereocenters. The minimum atomic E-state index is -3.36. The van der Waals surface area contributed by atoms with Gasteiger partial charge < -0.3 is 5.32 Å². The van der Waals surface area contributed by atoms with Gasteiger partial charge in [-0.15, -0.1) is 0 Å². The van der Waals surface area contributed by atoms with E-state index >= 15 is 0 Å². The van der Waals surface area contributed by atoms with Gasteiger partial charge in [-0.3, -0.25) is 0 Å². The molecular formula is C13H17BrN2O2S. The van der Waals surface area contributed by atoms with Crippen LogP contribution >= 0.6 is 15.9 Å². The van der Waals surface area contributed by atoms with Crippen molar-refractivity contribution < 1.29 is 8.42 Å². The first-order valence-corrected chi connectivity index (χ1v) is 8.72. The second-order valence-electron chi connectivity index (χ2n) is 5.30. The van der Waals surface area contributed by atoms with E-state index in [2.05, 4.69) is 21.2 Å². The molecule has 0 radical (unpaired) electrons. The van der Waals surface area contributed by atoms with E-state index in [1.807, 2.05) is 13.0 Å². The van der Waals surface area contributed by atoms with Crippen LogP contribution in [0.1, 0.15) is 12.0 Å². The van der Waals surface area contributed by atoms with Crippen LogP contribution in [0, 0.1) is 12.8 Å². The molecule has 0 spiro atoms. The lowest BCUT2D eigenvalue weighted by Crippen LogP contribution is -2.39. The maximum atomic E-state index is 12.7. The molecule has 1 aromatic rings. The van der Waals surface area contributed by atoms with Crippen molar-refractivity contribution in [3.63, 3.8) is 0 Å². The van der Waals surface area contributed by atoms with Gasteiger partial charge in [0.25, 0.3) is 0 Å². The molecule has 104 valence electrons. The molecule has 1 aromatic carbocycles. The molecule has 19 heavy (non-hydrogen) atoms. The largest absolute Gasteiger partial charge is 0.315 e. The summed E-state index contributed by atoms with van der Waals surface area (Å²) in [6.45, 7) is 4.27. The van der Waals surface area contributed by atoms with Crippen molar-refractivity contribution in [2.24, 2.45) is 5.92 Å². The molecule has 2 aliphatic heterocycles. The first kappa shape index (κ1) is 13.5. The number of aryl methyl sites for hydroxylation is 1. The second-order valence-corrected chi connectivity index (χ2v) is 8.05. The predicted molar refractivity (Wildman–Crippen MR) is 77.5 cm³/mol. The zero-order valence-electron chi connectivity index (χ0n) is 10.8. The van der Waals surface area contributed by atoms with Gasteiger partial charge in [-0.2, -0.15) is 4.31 Å². The molecule has 2 aliphatic rings. The van der Waals surface area contributed by atoms with Crippen molar-refractivity contribution in [3.05, 3.63) is 28.2 Å². The lowest BCUT2D eigenvalue weighted by atomic mass is 10.1. The Kier molecular flexibility index (Phi) is 3.45. The van der Waals surface area contributed by atoms with Crippen molar-refractivity contribution in [2.45, 2.75) is 24.3 Å². The Morgan fingerprint density at radius 3 is 2.89 bits per heavy atom. The number of hydrogen-bond donors (Lipinski definition) is 1. The molecule has 0 amide bonds. The van der Waals surface area contributed by atoms with E-state index in [9.17, 15) is 8.42 Å². The van der Waals surface area contributed by atoms with Gasteiger partial charge in [0.15, 0.2) is 0 Å². The molecule has 0 unspecified atom stereocenters. The molecule has 0 aromatic heterocycles. The van der Waals surface area contributed by atoms with Crippen molar-refractivity contribution in [1.29, 1.82) is 0 Å². The molecule has 4 nitrogen and oxygen atoms in total. The van der Waals surface area contributed by atoms with Gasteiger partial charge >= 0.3 is 0 Å². The minimum absolute atomic E-state index is 0.133. The van der Waals surface area contributed by atoms with E-state index in [0.29, 0.717) is 17.4 Å². The maximum Gasteiger partial charge on any atom is 0.243 e. The number of nitrogens with one attached hydrogen (secondary N) is 1. The molecule has 0 bridgehead atoms. The van der Waals surface area contributed by atoms with Gasteiger partial charge in [0, 0.05) is 23.6 Å². The first-order valence-electron chi connectivity index (χ1n) is 6.49. The molecule has 6 heteroatoms. The van der Waals surface area contributed by atoms with E-state index in [0.717, 1.165) is 29.5 Å². The number of nitrogens with zero attached hydrogens (tertiary/aromatic N) is 1. The fourth-order valence-electron chi connectivity index (χ4n) is 3.02. The summed E-state index contributed by atoms with van der Waals surface area (Å²) < 4.78 is 28.1. The molecule has 0 aliphatic carbocycles. The topological polar surface area (TPSA) is 49.4 Å². The second kappa shape index (κ2) is 4.84. The Morgan fingerprint density at radius 2 is 2.16 bits per heavy atom. The number of benzene rings is 1. The number of sulfonamides is 1. The highest BCUT2D eigenvalue weighted by molar-refractivity contribution is 9.10. The molecule has 3 rings (SSSR count). The van der Waals surface area contributed by atoms with Crippen LogP contribution < -0.4 is 5.32 Å². The monoisotopic (exact) mass is 344 g/mol. The van der Waals surface area contributed by atoms with E-state index in [-0.39, 0.29) is 6.04 Å². The predicted octanol–water partition coefficient (Wildman–Crippen LogP) is 1.74. The summed E-state index contributed by atoms with van der Waals surface area (Å²) in [5.74, 6) is 0.478. The van der Waals surface area contributed by atoms with Crippen LogP contribution in [0.25, 0.3) is 0 Å². The number of rotatable bonds is 2. The standard InChI is InChI=1S/C13H17BrN2O2S/c1-9-6-11(2-3-12(9)14)19(17,18)16-5-4-10-7-15-8-13(10)16/h2-3,6,10,13,15H,4-5,7-8H2,1H3/t10-,13+/m0/s1. The third-order valence-electron chi connectivity index (χ3n) is 4.13. The smallest absolute Gasteiger partial charge is 0.243 e. The van der Waals surface area contributed by atoms with E-state index in [1.165, 1.54) is 0 Å². The van der Waals surface area contributed by atoms with E-state index in [4.69, 9.17) is 0 Å². The third kappa shape index (κ3) is 2.24. The van der Waals surface area contributed by atoms with E-state index < -0.39 is 10.0 Å². The lowest BCUT2D eigenvalue weighted by molar-refractivity contribution is 0.383.